The molecule has 0 radical (unpaired) electrons. The predicted octanol–water partition coefficient (Wildman–Crippen LogP) is -0.182. The maximum absolute atomic E-state index is 12.0. The Balaban J connectivity index is 3.00. The summed E-state index contributed by atoms with van der Waals surface area (Å²) in [6, 6.07) is 0. The summed E-state index contributed by atoms with van der Waals surface area (Å²) in [6.07, 6.45) is 3.76. The molecule has 0 aromatic carbocycles. The molecule has 0 aliphatic carbocycles. The summed E-state index contributed by atoms with van der Waals surface area (Å²) >= 11 is 1.47. The molecule has 0 bridgehead atoms. The number of nitrogens with zero attached hydrogens (tertiary/aromatic N) is 4. The van der Waals surface area contributed by atoms with Crippen LogP contribution in [0.5, 0.6) is 0 Å². The maximum atomic E-state index is 12.0. The molecular formula is C9H13N4OS+. The minimum absolute atomic E-state index is 0.00699. The van der Waals surface area contributed by atoms with Crippen molar-refractivity contribution >= 4 is 22.9 Å². The Labute approximate surface area is 91.4 Å². The van der Waals surface area contributed by atoms with Crippen LogP contribution in [0.4, 0.5) is 0 Å². The molecule has 0 fully saturated rings. The Hall–Kier alpha value is -1.30. The lowest BCUT2D eigenvalue weighted by atomic mass is 10.5. The summed E-state index contributed by atoms with van der Waals surface area (Å²) in [7, 11) is 5.48. The fraction of sp³-hybridized carbons (Fsp3) is 0.444. The number of thioether (sulfide) groups is 1. The number of rotatable bonds is 1. The highest BCUT2D eigenvalue weighted by molar-refractivity contribution is 7.98. The van der Waals surface area contributed by atoms with Crippen LogP contribution >= 0.6 is 11.8 Å². The van der Waals surface area contributed by atoms with Crippen LogP contribution in [0.25, 0.3) is 11.2 Å². The fourth-order valence-corrected chi connectivity index (χ4v) is 2.20. The first-order valence-corrected chi connectivity index (χ1v) is 5.74. The van der Waals surface area contributed by atoms with Crippen molar-refractivity contribution in [3.8, 4) is 0 Å². The van der Waals surface area contributed by atoms with Crippen molar-refractivity contribution in [3.05, 3.63) is 16.7 Å². The van der Waals surface area contributed by atoms with Gasteiger partial charge in [0.15, 0.2) is 6.33 Å². The van der Waals surface area contributed by atoms with E-state index in [0.717, 1.165) is 10.8 Å². The van der Waals surface area contributed by atoms with Crippen LogP contribution in [-0.2, 0) is 21.1 Å². The van der Waals surface area contributed by atoms with Crippen molar-refractivity contribution in [2.45, 2.75) is 5.16 Å². The molecule has 0 saturated carbocycles. The molecule has 2 aromatic heterocycles. The van der Waals surface area contributed by atoms with Crippen LogP contribution in [0.3, 0.4) is 0 Å². The van der Waals surface area contributed by atoms with E-state index in [-0.39, 0.29) is 5.56 Å². The standard InChI is InChI=1S/C9H13N4OS/c1-11-5-12(2)7-6(11)8(14)13(3)9(10-7)15-4/h5H,1-4H3/q+1. The van der Waals surface area contributed by atoms with Crippen LogP contribution in [0.2, 0.25) is 0 Å². The Bertz CT molecular complexity index is 584. The second-order valence-electron chi connectivity index (χ2n) is 3.47. The number of hydrogen-bond donors (Lipinski definition) is 0. The van der Waals surface area contributed by atoms with Gasteiger partial charge in [0, 0.05) is 7.05 Å². The van der Waals surface area contributed by atoms with Crippen molar-refractivity contribution < 1.29 is 4.57 Å². The first-order chi connectivity index (χ1) is 7.06. The molecule has 0 spiro atoms. The van der Waals surface area contributed by atoms with Gasteiger partial charge in [-0.3, -0.25) is 13.9 Å². The third kappa shape index (κ3) is 1.36. The smallest absolute Gasteiger partial charge is 0.274 e. The monoisotopic (exact) mass is 225 g/mol. The molecular weight excluding hydrogens is 212 g/mol. The summed E-state index contributed by atoms with van der Waals surface area (Å²) < 4.78 is 5.23. The van der Waals surface area contributed by atoms with E-state index in [9.17, 15) is 4.79 Å². The lowest BCUT2D eigenvalue weighted by molar-refractivity contribution is -0.647. The third-order valence-electron chi connectivity index (χ3n) is 2.42. The highest BCUT2D eigenvalue weighted by Crippen LogP contribution is 2.11. The fourth-order valence-electron chi connectivity index (χ4n) is 1.67. The maximum Gasteiger partial charge on any atom is 0.310 e. The highest BCUT2D eigenvalue weighted by Gasteiger charge is 2.19. The quantitative estimate of drug-likeness (QED) is 0.384. The van der Waals surface area contributed by atoms with Crippen molar-refractivity contribution in [2.75, 3.05) is 6.26 Å². The second-order valence-corrected chi connectivity index (χ2v) is 4.25. The molecule has 0 unspecified atom stereocenters. The molecule has 80 valence electrons. The van der Waals surface area contributed by atoms with Gasteiger partial charge < -0.3 is 0 Å². The van der Waals surface area contributed by atoms with E-state index >= 15 is 0 Å². The average molecular weight is 225 g/mol. The van der Waals surface area contributed by atoms with Crippen LogP contribution in [0.1, 0.15) is 0 Å². The Morgan fingerprint density at radius 1 is 1.47 bits per heavy atom. The van der Waals surface area contributed by atoms with Crippen LogP contribution in [0.15, 0.2) is 16.3 Å². The largest absolute Gasteiger partial charge is 0.310 e. The predicted molar refractivity (Wildman–Crippen MR) is 58.9 cm³/mol. The van der Waals surface area contributed by atoms with Crippen molar-refractivity contribution in [3.63, 3.8) is 0 Å². The summed E-state index contributed by atoms with van der Waals surface area (Å²) in [5.74, 6) is 0. The van der Waals surface area contributed by atoms with Gasteiger partial charge in [-0.1, -0.05) is 16.7 Å². The lowest BCUT2D eigenvalue weighted by Gasteiger charge is -1.99. The molecule has 0 aliphatic rings. The van der Waals surface area contributed by atoms with E-state index in [2.05, 4.69) is 4.98 Å². The van der Waals surface area contributed by atoms with Gasteiger partial charge in [0.1, 0.15) is 0 Å². The number of aryl methyl sites for hydroxylation is 2. The normalized spacial score (nSPS) is 11.2. The number of aromatic nitrogens is 4. The number of hydrogen-bond acceptors (Lipinski definition) is 3. The molecule has 2 aromatic rings. The van der Waals surface area contributed by atoms with Crippen LogP contribution in [0, 0.1) is 0 Å². The van der Waals surface area contributed by atoms with E-state index in [1.807, 2.05) is 31.2 Å². The molecule has 0 N–H and O–H groups in total. The van der Waals surface area contributed by atoms with Gasteiger partial charge in [-0.25, -0.2) is 4.57 Å². The first-order valence-electron chi connectivity index (χ1n) is 4.52. The van der Waals surface area contributed by atoms with Gasteiger partial charge >= 0.3 is 5.65 Å². The molecule has 2 rings (SSSR count). The van der Waals surface area contributed by atoms with Gasteiger partial charge in [0.2, 0.25) is 10.7 Å². The second kappa shape index (κ2) is 3.37. The molecule has 6 heteroatoms. The number of fused-ring (bicyclic) bond motifs is 1. The molecule has 0 atom stereocenters. The minimum atomic E-state index is -0.00699. The molecule has 0 aliphatic heterocycles. The van der Waals surface area contributed by atoms with E-state index < -0.39 is 0 Å². The Morgan fingerprint density at radius 3 is 2.73 bits per heavy atom. The lowest BCUT2D eigenvalue weighted by Crippen LogP contribution is -2.29. The summed E-state index contributed by atoms with van der Waals surface area (Å²) in [4.78, 5) is 16.5. The Morgan fingerprint density at radius 2 is 2.13 bits per heavy atom. The zero-order valence-electron chi connectivity index (χ0n) is 9.18. The molecule has 2 heterocycles. The minimum Gasteiger partial charge on any atom is -0.274 e. The van der Waals surface area contributed by atoms with E-state index in [4.69, 9.17) is 0 Å². The van der Waals surface area contributed by atoms with E-state index in [0.29, 0.717) is 5.52 Å². The van der Waals surface area contributed by atoms with Crippen molar-refractivity contribution in [2.24, 2.45) is 21.1 Å². The Kier molecular flexibility index (Phi) is 2.30. The molecule has 5 nitrogen and oxygen atoms in total. The molecule has 15 heavy (non-hydrogen) atoms. The zero-order chi connectivity index (χ0) is 11.2. The summed E-state index contributed by atoms with van der Waals surface area (Å²) in [6.45, 7) is 0. The van der Waals surface area contributed by atoms with Gasteiger partial charge in [0.25, 0.3) is 5.56 Å². The third-order valence-corrected chi connectivity index (χ3v) is 3.15. The zero-order valence-corrected chi connectivity index (χ0v) is 10.00. The summed E-state index contributed by atoms with van der Waals surface area (Å²) in [5.41, 5.74) is 1.36. The van der Waals surface area contributed by atoms with Crippen LogP contribution < -0.4 is 10.1 Å². The van der Waals surface area contributed by atoms with E-state index in [1.54, 1.807) is 16.2 Å². The first kappa shape index (κ1) is 10.2. The van der Waals surface area contributed by atoms with Crippen molar-refractivity contribution in [1.82, 2.24) is 14.1 Å². The van der Waals surface area contributed by atoms with Gasteiger partial charge in [-0.05, 0) is 6.26 Å². The number of imidazole rings is 1. The molecule has 0 amide bonds. The average Bonchev–Trinajstić information content (AvgIpc) is 2.47. The van der Waals surface area contributed by atoms with E-state index in [1.165, 1.54) is 11.8 Å². The molecule has 0 saturated heterocycles. The topological polar surface area (TPSA) is 43.7 Å². The SMILES string of the molecule is CSc1nc2c(c(=O)n1C)n(C)c[n+]2C. The van der Waals surface area contributed by atoms with Gasteiger partial charge in [-0.15, -0.1) is 0 Å². The van der Waals surface area contributed by atoms with Gasteiger partial charge in [-0.2, -0.15) is 0 Å². The van der Waals surface area contributed by atoms with Crippen molar-refractivity contribution in [1.29, 1.82) is 0 Å². The highest BCUT2D eigenvalue weighted by atomic mass is 32.2. The van der Waals surface area contributed by atoms with Gasteiger partial charge in [0.05, 0.1) is 14.1 Å². The van der Waals surface area contributed by atoms with Crippen LogP contribution in [-0.4, -0.2) is 20.4 Å². The summed E-state index contributed by atoms with van der Waals surface area (Å²) in [5, 5.41) is 0.731.